The van der Waals surface area contributed by atoms with Crippen LogP contribution >= 0.6 is 11.6 Å². The highest BCUT2D eigenvalue weighted by Gasteiger charge is 2.45. The minimum Gasteiger partial charge on any atom is -0.493 e. The fourth-order valence-electron chi connectivity index (χ4n) is 4.78. The van der Waals surface area contributed by atoms with Crippen molar-refractivity contribution in [1.29, 1.82) is 0 Å². The molecule has 5 nitrogen and oxygen atoms in total. The number of hydrogen-bond donors (Lipinski definition) is 0. The third-order valence-corrected chi connectivity index (χ3v) is 6.25. The van der Waals surface area contributed by atoms with Crippen LogP contribution in [-0.4, -0.2) is 25.9 Å². The number of para-hydroxylation sites is 1. The second-order valence-corrected chi connectivity index (χ2v) is 9.29. The Morgan fingerprint density at radius 3 is 2.45 bits per heavy atom. The number of benzene rings is 2. The van der Waals surface area contributed by atoms with Gasteiger partial charge in [-0.3, -0.25) is 14.5 Å². The number of rotatable bonds is 4. The van der Waals surface area contributed by atoms with E-state index in [2.05, 4.69) is 13.8 Å². The first-order chi connectivity index (χ1) is 14.8. The Morgan fingerprint density at radius 1 is 1.03 bits per heavy atom. The fourth-order valence-corrected chi connectivity index (χ4v) is 4.97. The van der Waals surface area contributed by atoms with Gasteiger partial charge in [-0.1, -0.05) is 43.6 Å². The van der Waals surface area contributed by atoms with Crippen molar-refractivity contribution in [1.82, 2.24) is 0 Å². The van der Waals surface area contributed by atoms with Gasteiger partial charge < -0.3 is 9.47 Å². The first-order valence-electron chi connectivity index (χ1n) is 10.3. The van der Waals surface area contributed by atoms with Gasteiger partial charge in [0, 0.05) is 40.6 Å². The van der Waals surface area contributed by atoms with E-state index in [4.69, 9.17) is 21.1 Å². The summed E-state index contributed by atoms with van der Waals surface area (Å²) in [5.41, 5.74) is 2.68. The maximum Gasteiger partial charge on any atom is 0.232 e. The lowest BCUT2D eigenvalue weighted by Crippen LogP contribution is -2.43. The summed E-state index contributed by atoms with van der Waals surface area (Å²) < 4.78 is 11.1. The van der Waals surface area contributed by atoms with Crippen molar-refractivity contribution >= 4 is 29.0 Å². The zero-order valence-corrected chi connectivity index (χ0v) is 19.0. The third-order valence-electron chi connectivity index (χ3n) is 6.02. The summed E-state index contributed by atoms with van der Waals surface area (Å²) in [6, 6.07) is 12.8. The van der Waals surface area contributed by atoms with Crippen LogP contribution in [-0.2, 0) is 9.59 Å². The molecule has 1 unspecified atom stereocenters. The van der Waals surface area contributed by atoms with Crippen molar-refractivity contribution in [3.8, 4) is 11.5 Å². The number of nitrogens with zero attached hydrogens (tertiary/aromatic N) is 1. The molecule has 6 heteroatoms. The van der Waals surface area contributed by atoms with E-state index in [9.17, 15) is 9.59 Å². The number of ketones is 1. The number of carbonyl (C=O) groups excluding carboxylic acids is 2. The van der Waals surface area contributed by atoms with Crippen LogP contribution < -0.4 is 14.4 Å². The Kier molecular flexibility index (Phi) is 5.56. The molecule has 1 aliphatic carbocycles. The number of amides is 1. The summed E-state index contributed by atoms with van der Waals surface area (Å²) in [7, 11) is 3.15. The van der Waals surface area contributed by atoms with E-state index < -0.39 is 0 Å². The largest absolute Gasteiger partial charge is 0.493 e. The highest BCUT2D eigenvalue weighted by atomic mass is 35.5. The Morgan fingerprint density at radius 2 is 1.77 bits per heavy atom. The third kappa shape index (κ3) is 3.83. The minimum atomic E-state index is -0.383. The van der Waals surface area contributed by atoms with E-state index in [-0.39, 0.29) is 29.4 Å². The number of methoxy groups -OCH3 is 2. The molecule has 4 rings (SSSR count). The van der Waals surface area contributed by atoms with Crippen LogP contribution in [0, 0.1) is 5.41 Å². The van der Waals surface area contributed by atoms with Crippen LogP contribution in [0.5, 0.6) is 11.5 Å². The van der Waals surface area contributed by atoms with E-state index in [0.29, 0.717) is 40.6 Å². The van der Waals surface area contributed by atoms with Gasteiger partial charge in [0.1, 0.15) is 0 Å². The quantitative estimate of drug-likeness (QED) is 0.629. The number of hydrogen-bond acceptors (Lipinski definition) is 4. The van der Waals surface area contributed by atoms with Gasteiger partial charge in [-0.2, -0.15) is 0 Å². The molecule has 0 bridgehead atoms. The van der Waals surface area contributed by atoms with E-state index in [1.54, 1.807) is 31.3 Å². The SMILES string of the molecule is COc1cccc(C2CC(=O)N(c3cccc(Cl)c3)C3=C2C(=O)CC(C)(C)C3)c1OC. The van der Waals surface area contributed by atoms with Crippen molar-refractivity contribution in [3.63, 3.8) is 0 Å². The van der Waals surface area contributed by atoms with Crippen molar-refractivity contribution in [2.75, 3.05) is 19.1 Å². The van der Waals surface area contributed by atoms with Gasteiger partial charge in [0.15, 0.2) is 17.3 Å². The van der Waals surface area contributed by atoms with Crippen LogP contribution in [0.4, 0.5) is 5.69 Å². The molecular weight excluding hydrogens is 414 g/mol. The number of carbonyl (C=O) groups is 2. The molecule has 0 spiro atoms. The Balaban J connectivity index is 1.94. The van der Waals surface area contributed by atoms with Gasteiger partial charge in [0.2, 0.25) is 5.91 Å². The summed E-state index contributed by atoms with van der Waals surface area (Å²) in [6.07, 6.45) is 1.22. The Hall–Kier alpha value is -2.79. The number of anilines is 1. The molecule has 0 N–H and O–H groups in total. The number of ether oxygens (including phenoxy) is 2. The molecule has 0 saturated heterocycles. The maximum atomic E-state index is 13.5. The molecule has 31 heavy (non-hydrogen) atoms. The maximum absolute atomic E-state index is 13.5. The average molecular weight is 440 g/mol. The molecule has 1 heterocycles. The van der Waals surface area contributed by atoms with Crippen LogP contribution in [0.15, 0.2) is 53.7 Å². The van der Waals surface area contributed by atoms with Crippen LogP contribution in [0.25, 0.3) is 0 Å². The summed E-state index contributed by atoms with van der Waals surface area (Å²) in [4.78, 5) is 28.6. The zero-order valence-electron chi connectivity index (χ0n) is 18.2. The molecule has 162 valence electrons. The second kappa shape index (κ2) is 8.04. The van der Waals surface area contributed by atoms with Gasteiger partial charge in [-0.05, 0) is 36.1 Å². The number of Topliss-reactive ketones (excluding diaryl/α,β-unsaturated/α-hetero) is 1. The van der Waals surface area contributed by atoms with Gasteiger partial charge >= 0.3 is 0 Å². The molecule has 0 saturated carbocycles. The van der Waals surface area contributed by atoms with Crippen molar-refractivity contribution in [2.24, 2.45) is 5.41 Å². The lowest BCUT2D eigenvalue weighted by atomic mass is 9.69. The topological polar surface area (TPSA) is 55.8 Å². The minimum absolute atomic E-state index is 0.0682. The Bertz CT molecular complexity index is 1090. The Labute approximate surface area is 187 Å². The molecule has 1 atom stereocenters. The molecular formula is C25H26ClNO4. The summed E-state index contributed by atoms with van der Waals surface area (Å²) >= 11 is 6.22. The van der Waals surface area contributed by atoms with E-state index in [1.807, 2.05) is 30.3 Å². The summed E-state index contributed by atoms with van der Waals surface area (Å²) in [5, 5.41) is 0.547. The molecule has 1 aliphatic heterocycles. The van der Waals surface area contributed by atoms with Gasteiger partial charge in [0.25, 0.3) is 0 Å². The smallest absolute Gasteiger partial charge is 0.232 e. The molecule has 0 fully saturated rings. The molecule has 2 aliphatic rings. The highest BCUT2D eigenvalue weighted by Crippen LogP contribution is 2.50. The normalized spacial score (nSPS) is 20.5. The van der Waals surface area contributed by atoms with Crippen molar-refractivity contribution in [3.05, 3.63) is 64.3 Å². The van der Waals surface area contributed by atoms with E-state index >= 15 is 0 Å². The van der Waals surface area contributed by atoms with Crippen LogP contribution in [0.3, 0.4) is 0 Å². The van der Waals surface area contributed by atoms with Crippen molar-refractivity contribution in [2.45, 2.75) is 39.0 Å². The lowest BCUT2D eigenvalue weighted by Gasteiger charge is -2.43. The molecule has 1 amide bonds. The fraction of sp³-hybridized carbons (Fsp3) is 0.360. The number of halogens is 1. The molecule has 0 aromatic heterocycles. The van der Waals surface area contributed by atoms with Gasteiger partial charge in [0.05, 0.1) is 19.9 Å². The predicted molar refractivity (Wildman–Crippen MR) is 121 cm³/mol. The van der Waals surface area contributed by atoms with Gasteiger partial charge in [-0.15, -0.1) is 0 Å². The van der Waals surface area contributed by atoms with E-state index in [0.717, 1.165) is 11.3 Å². The highest BCUT2D eigenvalue weighted by molar-refractivity contribution is 6.31. The van der Waals surface area contributed by atoms with Crippen LogP contribution in [0.1, 0.15) is 44.6 Å². The standard InChI is InChI=1S/C25H26ClNO4/c1-25(2)13-19-23(20(28)14-25)18(17-9-6-10-21(30-3)24(17)31-4)12-22(29)27(19)16-8-5-7-15(26)11-16/h5-11,18H,12-14H2,1-4H3. The molecule has 2 aromatic rings. The van der Waals surface area contributed by atoms with Crippen LogP contribution in [0.2, 0.25) is 5.02 Å². The first-order valence-corrected chi connectivity index (χ1v) is 10.7. The predicted octanol–water partition coefficient (Wildman–Crippen LogP) is 5.52. The first kappa shape index (κ1) is 21.4. The summed E-state index contributed by atoms with van der Waals surface area (Å²) in [5.74, 6) is 0.757. The number of allylic oxidation sites excluding steroid dienone is 2. The summed E-state index contributed by atoms with van der Waals surface area (Å²) in [6.45, 7) is 4.12. The van der Waals surface area contributed by atoms with Gasteiger partial charge in [-0.25, -0.2) is 0 Å². The monoisotopic (exact) mass is 439 g/mol. The molecule has 2 aromatic carbocycles. The van der Waals surface area contributed by atoms with E-state index in [1.165, 1.54) is 0 Å². The lowest BCUT2D eigenvalue weighted by molar-refractivity contribution is -0.121. The second-order valence-electron chi connectivity index (χ2n) is 8.85. The average Bonchev–Trinajstić information content (AvgIpc) is 2.71. The zero-order chi connectivity index (χ0) is 22.3. The molecule has 0 radical (unpaired) electrons. The van der Waals surface area contributed by atoms with Crippen molar-refractivity contribution < 1.29 is 19.1 Å².